The van der Waals surface area contributed by atoms with Crippen LogP contribution in [-0.4, -0.2) is 19.9 Å². The lowest BCUT2D eigenvalue weighted by atomic mass is 10.0. The van der Waals surface area contributed by atoms with Gasteiger partial charge in [-0.1, -0.05) is 23.7 Å². The molecular weight excluding hydrogens is 246 g/mol. The first-order chi connectivity index (χ1) is 8.58. The highest BCUT2D eigenvalue weighted by molar-refractivity contribution is 6.30. The van der Waals surface area contributed by atoms with Crippen LogP contribution in [0.15, 0.2) is 48.5 Å². The zero-order valence-corrected chi connectivity index (χ0v) is 11.1. The van der Waals surface area contributed by atoms with Gasteiger partial charge in [0, 0.05) is 35.9 Å². The SMILES string of the molecule is CN(C)c1cccc(C(=O)c2ccc(Cl)cc2)c1. The predicted molar refractivity (Wildman–Crippen MR) is 75.7 cm³/mol. The van der Waals surface area contributed by atoms with Gasteiger partial charge in [-0.05, 0) is 36.4 Å². The average molecular weight is 260 g/mol. The molecule has 0 aromatic heterocycles. The van der Waals surface area contributed by atoms with Crippen LogP contribution in [0.2, 0.25) is 5.02 Å². The molecule has 92 valence electrons. The highest BCUT2D eigenvalue weighted by Gasteiger charge is 2.09. The lowest BCUT2D eigenvalue weighted by Gasteiger charge is -2.13. The van der Waals surface area contributed by atoms with Crippen LogP contribution >= 0.6 is 11.6 Å². The van der Waals surface area contributed by atoms with E-state index in [1.54, 1.807) is 24.3 Å². The Kier molecular flexibility index (Phi) is 3.68. The van der Waals surface area contributed by atoms with E-state index >= 15 is 0 Å². The van der Waals surface area contributed by atoms with Crippen LogP contribution in [0, 0.1) is 0 Å². The molecule has 2 aromatic carbocycles. The molecule has 0 saturated carbocycles. The first-order valence-electron chi connectivity index (χ1n) is 5.65. The maximum Gasteiger partial charge on any atom is 0.193 e. The molecule has 0 amide bonds. The summed E-state index contributed by atoms with van der Waals surface area (Å²) in [6.07, 6.45) is 0. The first-order valence-corrected chi connectivity index (χ1v) is 6.03. The number of ketones is 1. The minimum absolute atomic E-state index is 0.00960. The summed E-state index contributed by atoms with van der Waals surface area (Å²) in [5.74, 6) is 0.00960. The maximum atomic E-state index is 12.3. The highest BCUT2D eigenvalue weighted by Crippen LogP contribution is 2.18. The van der Waals surface area contributed by atoms with Crippen molar-refractivity contribution in [3.05, 3.63) is 64.7 Å². The number of rotatable bonds is 3. The number of anilines is 1. The molecule has 0 radical (unpaired) electrons. The Morgan fingerprint density at radius 1 is 1.00 bits per heavy atom. The first kappa shape index (κ1) is 12.7. The van der Waals surface area contributed by atoms with Crippen molar-refractivity contribution in [2.45, 2.75) is 0 Å². The molecular formula is C15H14ClNO. The van der Waals surface area contributed by atoms with Crippen molar-refractivity contribution in [2.75, 3.05) is 19.0 Å². The van der Waals surface area contributed by atoms with Crippen LogP contribution < -0.4 is 4.90 Å². The third kappa shape index (κ3) is 2.71. The average Bonchev–Trinajstić information content (AvgIpc) is 2.39. The van der Waals surface area contributed by atoms with Gasteiger partial charge in [0.2, 0.25) is 0 Å². The van der Waals surface area contributed by atoms with E-state index in [4.69, 9.17) is 11.6 Å². The molecule has 3 heteroatoms. The van der Waals surface area contributed by atoms with Gasteiger partial charge < -0.3 is 4.90 Å². The Labute approximate surface area is 112 Å². The van der Waals surface area contributed by atoms with Gasteiger partial charge in [-0.2, -0.15) is 0 Å². The van der Waals surface area contributed by atoms with Crippen molar-refractivity contribution in [3.63, 3.8) is 0 Å². The number of carbonyl (C=O) groups is 1. The van der Waals surface area contributed by atoms with E-state index in [1.807, 2.05) is 43.3 Å². The molecule has 0 aliphatic rings. The number of hydrogen-bond acceptors (Lipinski definition) is 2. The van der Waals surface area contributed by atoms with Crippen molar-refractivity contribution in [2.24, 2.45) is 0 Å². The lowest BCUT2D eigenvalue weighted by Crippen LogP contribution is -2.10. The van der Waals surface area contributed by atoms with Gasteiger partial charge in [0.15, 0.2) is 5.78 Å². The molecule has 2 nitrogen and oxygen atoms in total. The number of benzene rings is 2. The largest absolute Gasteiger partial charge is 0.378 e. The summed E-state index contributed by atoms with van der Waals surface area (Å²) in [4.78, 5) is 14.2. The van der Waals surface area contributed by atoms with Crippen molar-refractivity contribution >= 4 is 23.1 Å². The second-order valence-corrected chi connectivity index (χ2v) is 4.72. The van der Waals surface area contributed by atoms with Crippen LogP contribution in [0.3, 0.4) is 0 Å². The van der Waals surface area contributed by atoms with Crippen molar-refractivity contribution < 1.29 is 4.79 Å². The van der Waals surface area contributed by atoms with Crippen LogP contribution in [0.4, 0.5) is 5.69 Å². The fraction of sp³-hybridized carbons (Fsp3) is 0.133. The van der Waals surface area contributed by atoms with Gasteiger partial charge >= 0.3 is 0 Å². The third-order valence-electron chi connectivity index (χ3n) is 2.73. The molecule has 2 rings (SSSR count). The second kappa shape index (κ2) is 5.23. The summed E-state index contributed by atoms with van der Waals surface area (Å²) in [6, 6.07) is 14.5. The Morgan fingerprint density at radius 3 is 2.28 bits per heavy atom. The predicted octanol–water partition coefficient (Wildman–Crippen LogP) is 3.64. The smallest absolute Gasteiger partial charge is 0.193 e. The summed E-state index contributed by atoms with van der Waals surface area (Å²) < 4.78 is 0. The molecule has 0 fully saturated rings. The van der Waals surface area contributed by atoms with Gasteiger partial charge in [0.1, 0.15) is 0 Å². The van der Waals surface area contributed by atoms with Gasteiger partial charge in [0.25, 0.3) is 0 Å². The van der Waals surface area contributed by atoms with E-state index in [2.05, 4.69) is 0 Å². The van der Waals surface area contributed by atoms with Crippen LogP contribution in [0.1, 0.15) is 15.9 Å². The van der Waals surface area contributed by atoms with Gasteiger partial charge in [-0.3, -0.25) is 4.79 Å². The molecule has 0 spiro atoms. The highest BCUT2D eigenvalue weighted by atomic mass is 35.5. The number of nitrogens with zero attached hydrogens (tertiary/aromatic N) is 1. The summed E-state index contributed by atoms with van der Waals surface area (Å²) in [5.41, 5.74) is 2.34. The van der Waals surface area contributed by atoms with Gasteiger partial charge in [-0.15, -0.1) is 0 Å². The maximum absolute atomic E-state index is 12.3. The van der Waals surface area contributed by atoms with Crippen LogP contribution in [0.25, 0.3) is 0 Å². The van der Waals surface area contributed by atoms with E-state index in [0.717, 1.165) is 5.69 Å². The number of carbonyl (C=O) groups excluding carboxylic acids is 1. The Balaban J connectivity index is 2.34. The lowest BCUT2D eigenvalue weighted by molar-refractivity contribution is 0.103. The zero-order chi connectivity index (χ0) is 13.1. The van der Waals surface area contributed by atoms with Crippen molar-refractivity contribution in [1.82, 2.24) is 0 Å². The van der Waals surface area contributed by atoms with Crippen molar-refractivity contribution in [1.29, 1.82) is 0 Å². The molecule has 0 N–H and O–H groups in total. The van der Waals surface area contributed by atoms with E-state index in [0.29, 0.717) is 16.1 Å². The Morgan fingerprint density at radius 2 is 1.67 bits per heavy atom. The molecule has 0 atom stereocenters. The van der Waals surface area contributed by atoms with Crippen molar-refractivity contribution in [3.8, 4) is 0 Å². The van der Waals surface area contributed by atoms with E-state index in [-0.39, 0.29) is 5.78 Å². The Bertz CT molecular complexity index is 561. The monoisotopic (exact) mass is 259 g/mol. The molecule has 18 heavy (non-hydrogen) atoms. The summed E-state index contributed by atoms with van der Waals surface area (Å²) in [6.45, 7) is 0. The molecule has 0 heterocycles. The summed E-state index contributed by atoms with van der Waals surface area (Å²) in [5, 5.41) is 0.633. The molecule has 0 unspecified atom stereocenters. The molecule has 0 bridgehead atoms. The molecule has 0 saturated heterocycles. The minimum Gasteiger partial charge on any atom is -0.378 e. The summed E-state index contributed by atoms with van der Waals surface area (Å²) >= 11 is 5.81. The van der Waals surface area contributed by atoms with Crippen LogP contribution in [0.5, 0.6) is 0 Å². The van der Waals surface area contributed by atoms with Gasteiger partial charge in [0.05, 0.1) is 0 Å². The zero-order valence-electron chi connectivity index (χ0n) is 10.4. The topological polar surface area (TPSA) is 20.3 Å². The van der Waals surface area contributed by atoms with E-state index < -0.39 is 0 Å². The minimum atomic E-state index is 0.00960. The van der Waals surface area contributed by atoms with Gasteiger partial charge in [-0.25, -0.2) is 0 Å². The normalized spacial score (nSPS) is 10.2. The quantitative estimate of drug-likeness (QED) is 0.785. The Hall–Kier alpha value is -1.80. The fourth-order valence-electron chi connectivity index (χ4n) is 1.69. The molecule has 0 aliphatic heterocycles. The second-order valence-electron chi connectivity index (χ2n) is 4.28. The standard InChI is InChI=1S/C15H14ClNO/c1-17(2)14-5-3-4-12(10-14)15(18)11-6-8-13(16)9-7-11/h3-10H,1-2H3. The van der Waals surface area contributed by atoms with E-state index in [1.165, 1.54) is 0 Å². The summed E-state index contributed by atoms with van der Waals surface area (Å²) in [7, 11) is 3.90. The third-order valence-corrected chi connectivity index (χ3v) is 2.98. The van der Waals surface area contributed by atoms with Crippen LogP contribution in [-0.2, 0) is 0 Å². The number of halogens is 1. The molecule has 0 aliphatic carbocycles. The van der Waals surface area contributed by atoms with E-state index in [9.17, 15) is 4.79 Å². The number of hydrogen-bond donors (Lipinski definition) is 0. The molecule has 2 aromatic rings. The fourth-order valence-corrected chi connectivity index (χ4v) is 1.82.